The van der Waals surface area contributed by atoms with Gasteiger partial charge in [0, 0.05) is 33.4 Å². The van der Waals surface area contributed by atoms with Crippen LogP contribution < -0.4 is 10.2 Å². The van der Waals surface area contributed by atoms with Gasteiger partial charge in [-0.15, -0.1) is 0 Å². The van der Waals surface area contributed by atoms with Crippen molar-refractivity contribution in [3.8, 4) is 0 Å². The molecule has 0 radical (unpaired) electrons. The molecule has 4 heteroatoms. The molecule has 0 saturated carbocycles. The van der Waals surface area contributed by atoms with Crippen LogP contribution in [0.4, 0.5) is 5.82 Å². The van der Waals surface area contributed by atoms with Crippen molar-refractivity contribution in [1.82, 2.24) is 10.3 Å². The summed E-state index contributed by atoms with van der Waals surface area (Å²) in [6.07, 6.45) is 3.11. The second-order valence-electron chi connectivity index (χ2n) is 4.58. The van der Waals surface area contributed by atoms with E-state index < -0.39 is 0 Å². The molecule has 1 rings (SSSR count). The molecule has 0 atom stereocenters. The van der Waals surface area contributed by atoms with Crippen LogP contribution in [0.2, 0.25) is 0 Å². The number of hydrogen-bond acceptors (Lipinski definition) is 4. The number of aryl methyl sites for hydroxylation is 1. The Bertz CT molecular complexity index is 355. The molecule has 0 aliphatic carbocycles. The van der Waals surface area contributed by atoms with E-state index in [9.17, 15) is 0 Å². The molecule has 18 heavy (non-hydrogen) atoms. The second-order valence-corrected chi connectivity index (χ2v) is 4.58. The lowest BCUT2D eigenvalue weighted by atomic mass is 10.2. The Morgan fingerprint density at radius 3 is 2.83 bits per heavy atom. The first kappa shape index (κ1) is 14.9. The number of anilines is 1. The topological polar surface area (TPSA) is 37.4 Å². The predicted octanol–water partition coefficient (Wildman–Crippen LogP) is 1.97. The third-order valence-corrected chi connectivity index (χ3v) is 2.86. The molecule has 4 nitrogen and oxygen atoms in total. The van der Waals surface area contributed by atoms with Crippen LogP contribution in [0, 0.1) is 6.92 Å². The molecule has 0 unspecified atom stereocenters. The van der Waals surface area contributed by atoms with Gasteiger partial charge in [0.1, 0.15) is 5.82 Å². The van der Waals surface area contributed by atoms with Crippen molar-refractivity contribution >= 4 is 5.82 Å². The molecule has 1 heterocycles. The van der Waals surface area contributed by atoms with Crippen LogP contribution in [0.15, 0.2) is 12.3 Å². The number of methoxy groups -OCH3 is 1. The van der Waals surface area contributed by atoms with E-state index in [0.29, 0.717) is 0 Å². The Hall–Kier alpha value is -1.13. The van der Waals surface area contributed by atoms with Gasteiger partial charge in [0.05, 0.1) is 6.61 Å². The van der Waals surface area contributed by atoms with E-state index in [2.05, 4.69) is 35.1 Å². The maximum absolute atomic E-state index is 5.08. The monoisotopic (exact) mass is 251 g/mol. The van der Waals surface area contributed by atoms with Gasteiger partial charge in [-0.05, 0) is 37.1 Å². The summed E-state index contributed by atoms with van der Waals surface area (Å²) >= 11 is 0. The third-order valence-electron chi connectivity index (χ3n) is 2.86. The lowest BCUT2D eigenvalue weighted by molar-refractivity contribution is 0.206. The van der Waals surface area contributed by atoms with Gasteiger partial charge in [-0.2, -0.15) is 0 Å². The first-order valence-corrected chi connectivity index (χ1v) is 6.55. The molecule has 0 spiro atoms. The van der Waals surface area contributed by atoms with Crippen molar-refractivity contribution in [2.24, 2.45) is 0 Å². The molecule has 0 aliphatic rings. The zero-order valence-electron chi connectivity index (χ0n) is 12.0. The summed E-state index contributed by atoms with van der Waals surface area (Å²) in [5.41, 5.74) is 2.45. The van der Waals surface area contributed by atoms with Crippen molar-refractivity contribution in [3.63, 3.8) is 0 Å². The highest BCUT2D eigenvalue weighted by atomic mass is 16.5. The van der Waals surface area contributed by atoms with Crippen LogP contribution in [-0.4, -0.2) is 38.8 Å². The van der Waals surface area contributed by atoms with Gasteiger partial charge in [-0.3, -0.25) is 0 Å². The standard InChI is InChI=1S/C14H25N3O/c1-5-6-15-10-13-9-12(2)14(16-11-13)17(3)7-8-18-4/h9,11,15H,5-8,10H2,1-4H3. The molecule has 0 amide bonds. The smallest absolute Gasteiger partial charge is 0.131 e. The first-order chi connectivity index (χ1) is 8.69. The average molecular weight is 251 g/mol. The Morgan fingerprint density at radius 1 is 1.44 bits per heavy atom. The summed E-state index contributed by atoms with van der Waals surface area (Å²) in [4.78, 5) is 6.67. The molecule has 102 valence electrons. The van der Waals surface area contributed by atoms with Crippen LogP contribution in [-0.2, 0) is 11.3 Å². The van der Waals surface area contributed by atoms with Crippen molar-refractivity contribution in [3.05, 3.63) is 23.4 Å². The van der Waals surface area contributed by atoms with Crippen LogP contribution in [0.5, 0.6) is 0 Å². The van der Waals surface area contributed by atoms with E-state index in [0.717, 1.165) is 38.5 Å². The van der Waals surface area contributed by atoms with Crippen molar-refractivity contribution < 1.29 is 4.74 Å². The van der Waals surface area contributed by atoms with E-state index in [1.807, 2.05) is 13.2 Å². The molecular formula is C14H25N3O. The van der Waals surface area contributed by atoms with Crippen LogP contribution in [0.3, 0.4) is 0 Å². The number of pyridine rings is 1. The largest absolute Gasteiger partial charge is 0.383 e. The number of rotatable bonds is 8. The predicted molar refractivity (Wildman–Crippen MR) is 76.1 cm³/mol. The first-order valence-electron chi connectivity index (χ1n) is 6.55. The minimum absolute atomic E-state index is 0.720. The molecule has 0 fully saturated rings. The van der Waals surface area contributed by atoms with E-state index in [1.54, 1.807) is 7.11 Å². The molecular weight excluding hydrogens is 226 g/mol. The lowest BCUT2D eigenvalue weighted by Crippen LogP contribution is -2.24. The molecule has 0 saturated heterocycles. The van der Waals surface area contributed by atoms with Crippen LogP contribution in [0.25, 0.3) is 0 Å². The summed E-state index contributed by atoms with van der Waals surface area (Å²) in [6, 6.07) is 2.20. The molecule has 1 aromatic heterocycles. The maximum atomic E-state index is 5.08. The normalized spacial score (nSPS) is 10.7. The summed E-state index contributed by atoms with van der Waals surface area (Å²) in [7, 11) is 3.76. The number of hydrogen-bond donors (Lipinski definition) is 1. The second kappa shape index (κ2) is 8.06. The Kier molecular flexibility index (Phi) is 6.68. The van der Waals surface area contributed by atoms with Gasteiger partial charge in [0.15, 0.2) is 0 Å². The fourth-order valence-electron chi connectivity index (χ4n) is 1.87. The molecule has 1 aromatic rings. The summed E-state index contributed by atoms with van der Waals surface area (Å²) in [6.45, 7) is 7.80. The summed E-state index contributed by atoms with van der Waals surface area (Å²) < 4.78 is 5.08. The van der Waals surface area contributed by atoms with Crippen LogP contribution in [0.1, 0.15) is 24.5 Å². The SMILES string of the molecule is CCCNCc1cnc(N(C)CCOC)c(C)c1. The molecule has 0 aliphatic heterocycles. The van der Waals surface area contributed by atoms with Crippen molar-refractivity contribution in [1.29, 1.82) is 0 Å². The zero-order valence-corrected chi connectivity index (χ0v) is 12.0. The summed E-state index contributed by atoms with van der Waals surface area (Å²) in [5, 5.41) is 3.39. The van der Waals surface area contributed by atoms with Gasteiger partial charge in [0.2, 0.25) is 0 Å². The third kappa shape index (κ3) is 4.63. The van der Waals surface area contributed by atoms with Gasteiger partial charge < -0.3 is 15.0 Å². The fourth-order valence-corrected chi connectivity index (χ4v) is 1.87. The van der Waals surface area contributed by atoms with E-state index >= 15 is 0 Å². The molecule has 0 bridgehead atoms. The average Bonchev–Trinajstić information content (AvgIpc) is 2.36. The van der Waals surface area contributed by atoms with E-state index in [1.165, 1.54) is 11.1 Å². The van der Waals surface area contributed by atoms with Crippen molar-refractivity contribution in [2.75, 3.05) is 38.8 Å². The van der Waals surface area contributed by atoms with Gasteiger partial charge in [-0.1, -0.05) is 6.92 Å². The van der Waals surface area contributed by atoms with Crippen LogP contribution >= 0.6 is 0 Å². The van der Waals surface area contributed by atoms with E-state index in [4.69, 9.17) is 4.74 Å². The fraction of sp³-hybridized carbons (Fsp3) is 0.643. The van der Waals surface area contributed by atoms with E-state index in [-0.39, 0.29) is 0 Å². The van der Waals surface area contributed by atoms with Crippen molar-refractivity contribution in [2.45, 2.75) is 26.8 Å². The van der Waals surface area contributed by atoms with Gasteiger partial charge >= 0.3 is 0 Å². The molecule has 0 aromatic carbocycles. The molecule has 1 N–H and O–H groups in total. The Morgan fingerprint density at radius 2 is 2.22 bits per heavy atom. The highest BCUT2D eigenvalue weighted by molar-refractivity contribution is 5.46. The maximum Gasteiger partial charge on any atom is 0.131 e. The van der Waals surface area contributed by atoms with Gasteiger partial charge in [0.25, 0.3) is 0 Å². The number of ether oxygens (including phenoxy) is 1. The number of nitrogens with zero attached hydrogens (tertiary/aromatic N) is 2. The summed E-state index contributed by atoms with van der Waals surface area (Å²) in [5.74, 6) is 1.03. The minimum atomic E-state index is 0.720. The Balaban J connectivity index is 2.61. The number of aromatic nitrogens is 1. The highest BCUT2D eigenvalue weighted by Crippen LogP contribution is 2.16. The lowest BCUT2D eigenvalue weighted by Gasteiger charge is -2.20. The minimum Gasteiger partial charge on any atom is -0.383 e. The zero-order chi connectivity index (χ0) is 13.4. The van der Waals surface area contributed by atoms with Gasteiger partial charge in [-0.25, -0.2) is 4.98 Å². The number of nitrogens with one attached hydrogen (secondary N) is 1. The highest BCUT2D eigenvalue weighted by Gasteiger charge is 2.06. The number of likely N-dealkylation sites (N-methyl/N-ethyl adjacent to an activating group) is 1. The Labute approximate surface area is 110 Å². The quantitative estimate of drug-likeness (QED) is 0.717.